The van der Waals surface area contributed by atoms with E-state index in [1.54, 1.807) is 0 Å². The highest BCUT2D eigenvalue weighted by Gasteiger charge is 2.25. The summed E-state index contributed by atoms with van der Waals surface area (Å²) in [6.45, 7) is 0.649. The number of carboxylic acid groups (broad SMARTS) is 1. The molecule has 1 aromatic heterocycles. The van der Waals surface area contributed by atoms with Crippen LogP contribution in [0.3, 0.4) is 0 Å². The maximum atomic E-state index is 11.2. The molecular formula is C14H14N2O2. The second-order valence-electron chi connectivity index (χ2n) is 4.58. The number of aromatic nitrogens is 2. The van der Waals surface area contributed by atoms with Crippen LogP contribution in [0.15, 0.2) is 30.3 Å². The van der Waals surface area contributed by atoms with Crippen LogP contribution in [-0.4, -0.2) is 20.9 Å². The van der Waals surface area contributed by atoms with E-state index in [-0.39, 0.29) is 5.69 Å². The van der Waals surface area contributed by atoms with Gasteiger partial charge in [0.1, 0.15) is 0 Å². The summed E-state index contributed by atoms with van der Waals surface area (Å²) < 4.78 is 1.85. The van der Waals surface area contributed by atoms with Gasteiger partial charge in [0.2, 0.25) is 0 Å². The fourth-order valence-corrected chi connectivity index (χ4v) is 2.57. The molecule has 3 rings (SSSR count). The van der Waals surface area contributed by atoms with Crippen LogP contribution in [-0.2, 0) is 19.4 Å². The molecule has 2 aromatic rings. The third-order valence-corrected chi connectivity index (χ3v) is 3.38. The molecule has 1 heterocycles. The molecule has 0 saturated heterocycles. The van der Waals surface area contributed by atoms with Crippen molar-refractivity contribution in [3.8, 4) is 0 Å². The molecule has 1 aliphatic rings. The largest absolute Gasteiger partial charge is 0.476 e. The minimum Gasteiger partial charge on any atom is -0.476 e. The van der Waals surface area contributed by atoms with Crippen molar-refractivity contribution in [3.05, 3.63) is 52.8 Å². The van der Waals surface area contributed by atoms with Gasteiger partial charge in [-0.05, 0) is 24.8 Å². The number of hydrogen-bond donors (Lipinski definition) is 1. The van der Waals surface area contributed by atoms with Gasteiger partial charge in [-0.2, -0.15) is 5.10 Å². The molecule has 0 fully saturated rings. The molecule has 4 heteroatoms. The molecule has 0 saturated carbocycles. The Kier molecular flexibility index (Phi) is 2.63. The lowest BCUT2D eigenvalue weighted by Gasteiger charge is -2.05. The molecule has 0 radical (unpaired) electrons. The SMILES string of the molecule is O=C(O)c1nn(Cc2ccccc2)c2c1CCC2. The third-order valence-electron chi connectivity index (χ3n) is 3.38. The number of rotatable bonds is 3. The average Bonchev–Trinajstić information content (AvgIpc) is 2.94. The van der Waals surface area contributed by atoms with Crippen molar-refractivity contribution < 1.29 is 9.90 Å². The Bertz CT molecular complexity index is 587. The predicted octanol–water partition coefficient (Wildman–Crippen LogP) is 2.12. The van der Waals surface area contributed by atoms with Crippen LogP contribution < -0.4 is 0 Å². The van der Waals surface area contributed by atoms with E-state index in [1.807, 2.05) is 35.0 Å². The monoisotopic (exact) mass is 242 g/mol. The van der Waals surface area contributed by atoms with E-state index >= 15 is 0 Å². The van der Waals surface area contributed by atoms with Gasteiger partial charge in [-0.3, -0.25) is 4.68 Å². The van der Waals surface area contributed by atoms with Gasteiger partial charge >= 0.3 is 5.97 Å². The van der Waals surface area contributed by atoms with E-state index < -0.39 is 5.97 Å². The molecule has 1 aliphatic carbocycles. The number of carboxylic acids is 1. The van der Waals surface area contributed by atoms with E-state index in [2.05, 4.69) is 5.10 Å². The van der Waals surface area contributed by atoms with Crippen molar-refractivity contribution >= 4 is 5.97 Å². The van der Waals surface area contributed by atoms with Crippen LogP contribution in [0, 0.1) is 0 Å². The van der Waals surface area contributed by atoms with Crippen LogP contribution in [0.4, 0.5) is 0 Å². The zero-order chi connectivity index (χ0) is 12.5. The second kappa shape index (κ2) is 4.29. The minimum absolute atomic E-state index is 0.235. The van der Waals surface area contributed by atoms with E-state index in [9.17, 15) is 4.79 Å². The molecule has 0 spiro atoms. The lowest BCUT2D eigenvalue weighted by molar-refractivity contribution is 0.0688. The van der Waals surface area contributed by atoms with Crippen LogP contribution in [0.25, 0.3) is 0 Å². The first-order valence-electron chi connectivity index (χ1n) is 6.11. The van der Waals surface area contributed by atoms with Gasteiger partial charge in [-0.1, -0.05) is 30.3 Å². The quantitative estimate of drug-likeness (QED) is 0.896. The highest BCUT2D eigenvalue weighted by molar-refractivity contribution is 5.87. The molecule has 0 unspecified atom stereocenters. The van der Waals surface area contributed by atoms with E-state index in [4.69, 9.17) is 5.11 Å². The van der Waals surface area contributed by atoms with Crippen molar-refractivity contribution in [2.45, 2.75) is 25.8 Å². The summed E-state index contributed by atoms with van der Waals surface area (Å²) in [5, 5.41) is 13.4. The molecule has 1 aromatic carbocycles. The summed E-state index contributed by atoms with van der Waals surface area (Å²) >= 11 is 0. The fourth-order valence-electron chi connectivity index (χ4n) is 2.57. The minimum atomic E-state index is -0.917. The Morgan fingerprint density at radius 3 is 2.78 bits per heavy atom. The molecule has 92 valence electrons. The van der Waals surface area contributed by atoms with Crippen LogP contribution >= 0.6 is 0 Å². The number of nitrogens with zero attached hydrogens (tertiary/aromatic N) is 2. The Labute approximate surface area is 105 Å². The van der Waals surface area contributed by atoms with E-state index in [1.165, 1.54) is 0 Å². The average molecular weight is 242 g/mol. The first-order chi connectivity index (χ1) is 8.75. The number of benzene rings is 1. The number of hydrogen-bond acceptors (Lipinski definition) is 2. The zero-order valence-corrected chi connectivity index (χ0v) is 9.97. The van der Waals surface area contributed by atoms with Gasteiger partial charge < -0.3 is 5.11 Å². The van der Waals surface area contributed by atoms with Gasteiger partial charge in [0.05, 0.1) is 6.54 Å². The fraction of sp³-hybridized carbons (Fsp3) is 0.286. The molecule has 0 aliphatic heterocycles. The molecular weight excluding hydrogens is 228 g/mol. The van der Waals surface area contributed by atoms with Crippen molar-refractivity contribution in [1.29, 1.82) is 0 Å². The van der Waals surface area contributed by atoms with Crippen LogP contribution in [0.5, 0.6) is 0 Å². The summed E-state index contributed by atoms with van der Waals surface area (Å²) in [6.07, 6.45) is 2.80. The maximum Gasteiger partial charge on any atom is 0.356 e. The lowest BCUT2D eigenvalue weighted by Crippen LogP contribution is -2.07. The molecule has 0 amide bonds. The summed E-state index contributed by atoms with van der Waals surface area (Å²) in [5.41, 5.74) is 3.40. The first-order valence-corrected chi connectivity index (χ1v) is 6.11. The normalized spacial score (nSPS) is 13.6. The predicted molar refractivity (Wildman–Crippen MR) is 66.8 cm³/mol. The molecule has 18 heavy (non-hydrogen) atoms. The summed E-state index contributed by atoms with van der Waals surface area (Å²) in [7, 11) is 0. The Balaban J connectivity index is 1.98. The Hall–Kier alpha value is -2.10. The van der Waals surface area contributed by atoms with Gasteiger partial charge in [-0.25, -0.2) is 4.79 Å². The topological polar surface area (TPSA) is 55.1 Å². The molecule has 0 bridgehead atoms. The Morgan fingerprint density at radius 1 is 1.28 bits per heavy atom. The van der Waals surface area contributed by atoms with Crippen LogP contribution in [0.1, 0.15) is 33.7 Å². The number of aromatic carboxylic acids is 1. The van der Waals surface area contributed by atoms with Gasteiger partial charge in [-0.15, -0.1) is 0 Å². The van der Waals surface area contributed by atoms with Gasteiger partial charge in [0.25, 0.3) is 0 Å². The van der Waals surface area contributed by atoms with Crippen LogP contribution in [0.2, 0.25) is 0 Å². The zero-order valence-electron chi connectivity index (χ0n) is 9.97. The number of carbonyl (C=O) groups is 1. The molecule has 1 N–H and O–H groups in total. The van der Waals surface area contributed by atoms with Gasteiger partial charge in [0.15, 0.2) is 5.69 Å². The summed E-state index contributed by atoms with van der Waals surface area (Å²) in [4.78, 5) is 11.2. The first kappa shape index (κ1) is 11.0. The summed E-state index contributed by atoms with van der Waals surface area (Å²) in [5.74, 6) is -0.917. The molecule has 0 atom stereocenters. The van der Waals surface area contributed by atoms with Crippen molar-refractivity contribution in [3.63, 3.8) is 0 Å². The lowest BCUT2D eigenvalue weighted by atomic mass is 10.2. The third kappa shape index (κ3) is 1.79. The van der Waals surface area contributed by atoms with E-state index in [0.717, 1.165) is 36.1 Å². The highest BCUT2D eigenvalue weighted by Crippen LogP contribution is 2.25. The van der Waals surface area contributed by atoms with E-state index in [0.29, 0.717) is 6.54 Å². The standard InChI is InChI=1S/C14H14N2O2/c17-14(18)13-11-7-4-8-12(11)16(15-13)9-10-5-2-1-3-6-10/h1-3,5-6H,4,7-9H2,(H,17,18). The van der Waals surface area contributed by atoms with Gasteiger partial charge in [0, 0.05) is 11.3 Å². The highest BCUT2D eigenvalue weighted by atomic mass is 16.4. The smallest absolute Gasteiger partial charge is 0.356 e. The van der Waals surface area contributed by atoms with Crippen molar-refractivity contribution in [2.24, 2.45) is 0 Å². The summed E-state index contributed by atoms with van der Waals surface area (Å²) in [6, 6.07) is 10.0. The van der Waals surface area contributed by atoms with Crippen molar-refractivity contribution in [2.75, 3.05) is 0 Å². The molecule has 4 nitrogen and oxygen atoms in total. The maximum absolute atomic E-state index is 11.2. The number of fused-ring (bicyclic) bond motifs is 1. The van der Waals surface area contributed by atoms with Crippen molar-refractivity contribution in [1.82, 2.24) is 9.78 Å². The second-order valence-corrected chi connectivity index (χ2v) is 4.58. The Morgan fingerprint density at radius 2 is 2.06 bits per heavy atom.